The molecule has 1 aliphatic rings. The van der Waals surface area contributed by atoms with E-state index in [1.165, 1.54) is 0 Å². The Bertz CT molecular complexity index is 716. The first-order valence-corrected chi connectivity index (χ1v) is 8.28. The summed E-state index contributed by atoms with van der Waals surface area (Å²) in [4.78, 5) is 12.2. The fourth-order valence-electron chi connectivity index (χ4n) is 2.41. The number of thioether (sulfide) groups is 1. The maximum Gasteiger partial charge on any atom is 0.237 e. The minimum absolute atomic E-state index is 0.0754. The van der Waals surface area contributed by atoms with E-state index in [0.717, 1.165) is 35.8 Å². The number of amides is 1. The van der Waals surface area contributed by atoms with Gasteiger partial charge in [0, 0.05) is 5.69 Å². The topological polar surface area (TPSA) is 62.7 Å². The highest BCUT2D eigenvalue weighted by atomic mass is 32.2. The van der Waals surface area contributed by atoms with Gasteiger partial charge in [-0.1, -0.05) is 6.07 Å². The van der Waals surface area contributed by atoms with Gasteiger partial charge in [0.05, 0.1) is 10.9 Å². The van der Waals surface area contributed by atoms with Gasteiger partial charge >= 0.3 is 0 Å². The van der Waals surface area contributed by atoms with Gasteiger partial charge in [-0.05, 0) is 55.9 Å². The Balaban J connectivity index is 1.83. The Morgan fingerprint density at radius 3 is 3.10 bits per heavy atom. The van der Waals surface area contributed by atoms with Gasteiger partial charge in [-0.3, -0.25) is 14.5 Å². The van der Waals surface area contributed by atoms with Crippen molar-refractivity contribution in [3.8, 4) is 5.69 Å². The van der Waals surface area contributed by atoms with E-state index in [0.29, 0.717) is 4.77 Å². The van der Waals surface area contributed by atoms with E-state index in [1.54, 1.807) is 11.8 Å². The molecule has 2 heterocycles. The van der Waals surface area contributed by atoms with Crippen molar-refractivity contribution in [3.05, 3.63) is 34.9 Å². The van der Waals surface area contributed by atoms with E-state index in [9.17, 15) is 4.79 Å². The highest BCUT2D eigenvalue weighted by Gasteiger charge is 2.23. The van der Waals surface area contributed by atoms with Crippen molar-refractivity contribution in [1.82, 2.24) is 14.8 Å². The molecule has 0 saturated carbocycles. The predicted molar refractivity (Wildman–Crippen MR) is 87.6 cm³/mol. The minimum Gasteiger partial charge on any atom is -0.325 e. The summed E-state index contributed by atoms with van der Waals surface area (Å²) in [5.74, 6) is 1.94. The Morgan fingerprint density at radius 2 is 2.43 bits per heavy atom. The summed E-state index contributed by atoms with van der Waals surface area (Å²) in [6.07, 6.45) is 2.08. The van der Waals surface area contributed by atoms with Crippen molar-refractivity contribution in [1.29, 1.82) is 0 Å². The number of rotatable bonds is 3. The van der Waals surface area contributed by atoms with Crippen LogP contribution in [0, 0.1) is 11.7 Å². The summed E-state index contributed by atoms with van der Waals surface area (Å²) >= 11 is 6.96. The molecule has 110 valence electrons. The molecule has 1 atom stereocenters. The standard InChI is InChI=1S/C14H16N4OS2/c1-9-16-17-14(20)18(9)11-5-2-4-10(8-11)15-13(19)12-6-3-7-21-12/h2,4-5,8,12H,3,6-7H2,1H3,(H,15,19)(H,17,20)/t12-/m0/s1. The lowest BCUT2D eigenvalue weighted by atomic mass is 10.2. The number of carbonyl (C=O) groups is 1. The molecule has 2 N–H and O–H groups in total. The first-order chi connectivity index (χ1) is 10.1. The molecular weight excluding hydrogens is 304 g/mol. The molecule has 2 aromatic rings. The van der Waals surface area contributed by atoms with Crippen molar-refractivity contribution in [2.75, 3.05) is 11.1 Å². The Kier molecular flexibility index (Phi) is 4.12. The summed E-state index contributed by atoms with van der Waals surface area (Å²) in [5, 5.41) is 9.93. The lowest BCUT2D eigenvalue weighted by Crippen LogP contribution is -2.22. The van der Waals surface area contributed by atoms with Gasteiger partial charge in [-0.2, -0.15) is 5.10 Å². The lowest BCUT2D eigenvalue weighted by Gasteiger charge is -2.11. The van der Waals surface area contributed by atoms with Gasteiger partial charge < -0.3 is 5.32 Å². The minimum atomic E-state index is 0.0754. The number of aromatic amines is 1. The summed E-state index contributed by atoms with van der Waals surface area (Å²) in [6.45, 7) is 1.88. The number of aromatic nitrogens is 3. The fraction of sp³-hybridized carbons (Fsp3) is 0.357. The third kappa shape index (κ3) is 3.03. The summed E-state index contributed by atoms with van der Waals surface area (Å²) in [5.41, 5.74) is 1.68. The zero-order valence-electron chi connectivity index (χ0n) is 11.6. The van der Waals surface area contributed by atoms with Gasteiger partial charge in [0.1, 0.15) is 5.82 Å². The van der Waals surface area contributed by atoms with Gasteiger partial charge in [0.25, 0.3) is 0 Å². The lowest BCUT2D eigenvalue weighted by molar-refractivity contribution is -0.115. The first-order valence-electron chi connectivity index (χ1n) is 6.82. The number of carbonyl (C=O) groups excluding carboxylic acids is 1. The number of hydrogen-bond acceptors (Lipinski definition) is 4. The van der Waals surface area contributed by atoms with Crippen LogP contribution in [0.3, 0.4) is 0 Å². The van der Waals surface area contributed by atoms with E-state index >= 15 is 0 Å². The predicted octanol–water partition coefficient (Wildman–Crippen LogP) is 3.07. The van der Waals surface area contributed by atoms with E-state index in [1.807, 2.05) is 35.8 Å². The molecular formula is C14H16N4OS2. The number of nitrogens with one attached hydrogen (secondary N) is 2. The Morgan fingerprint density at radius 1 is 1.57 bits per heavy atom. The molecule has 0 bridgehead atoms. The molecule has 1 saturated heterocycles. The van der Waals surface area contributed by atoms with Crippen LogP contribution < -0.4 is 5.32 Å². The largest absolute Gasteiger partial charge is 0.325 e. The van der Waals surface area contributed by atoms with Crippen molar-refractivity contribution in [3.63, 3.8) is 0 Å². The van der Waals surface area contributed by atoms with Gasteiger partial charge in [-0.25, -0.2) is 0 Å². The van der Waals surface area contributed by atoms with Crippen molar-refractivity contribution in [2.45, 2.75) is 25.0 Å². The van der Waals surface area contributed by atoms with Crippen LogP contribution in [0.1, 0.15) is 18.7 Å². The quantitative estimate of drug-likeness (QED) is 0.853. The van der Waals surface area contributed by atoms with Crippen LogP contribution in [0.25, 0.3) is 5.69 Å². The number of H-pyrrole nitrogens is 1. The first kappa shape index (κ1) is 14.3. The van der Waals surface area contributed by atoms with Crippen LogP contribution in [0.5, 0.6) is 0 Å². The monoisotopic (exact) mass is 320 g/mol. The molecule has 3 rings (SSSR count). The smallest absolute Gasteiger partial charge is 0.237 e. The SMILES string of the molecule is Cc1n[nH]c(=S)n1-c1cccc(NC(=O)[C@@H]2CCCS2)c1. The number of hydrogen-bond donors (Lipinski definition) is 2. The molecule has 1 aliphatic heterocycles. The molecule has 0 radical (unpaired) electrons. The zero-order valence-corrected chi connectivity index (χ0v) is 13.3. The van der Waals surface area contributed by atoms with Crippen LogP contribution in [-0.2, 0) is 4.79 Å². The third-order valence-corrected chi connectivity index (χ3v) is 5.08. The Labute approximate surface area is 132 Å². The van der Waals surface area contributed by atoms with Gasteiger partial charge in [0.2, 0.25) is 5.91 Å². The molecule has 1 aromatic heterocycles. The number of aryl methyl sites for hydroxylation is 1. The molecule has 0 aliphatic carbocycles. The number of anilines is 1. The molecule has 1 aromatic carbocycles. The number of benzene rings is 1. The molecule has 1 amide bonds. The van der Waals surface area contributed by atoms with E-state index in [4.69, 9.17) is 12.2 Å². The van der Waals surface area contributed by atoms with Crippen molar-refractivity contribution < 1.29 is 4.79 Å². The third-order valence-electron chi connectivity index (χ3n) is 3.43. The fourth-order valence-corrected chi connectivity index (χ4v) is 3.85. The average molecular weight is 320 g/mol. The van der Waals surface area contributed by atoms with Crippen molar-refractivity contribution >= 4 is 35.6 Å². The normalized spacial score (nSPS) is 17.9. The second-order valence-corrected chi connectivity index (χ2v) is 6.65. The summed E-state index contributed by atoms with van der Waals surface area (Å²) in [7, 11) is 0. The van der Waals surface area contributed by atoms with Crippen LogP contribution in [-0.4, -0.2) is 31.7 Å². The van der Waals surface area contributed by atoms with Crippen molar-refractivity contribution in [2.24, 2.45) is 0 Å². The second-order valence-electron chi connectivity index (χ2n) is 4.95. The van der Waals surface area contributed by atoms with E-state index < -0.39 is 0 Å². The summed E-state index contributed by atoms with van der Waals surface area (Å²) < 4.78 is 2.39. The maximum absolute atomic E-state index is 12.2. The van der Waals surface area contributed by atoms with Gasteiger partial charge in [-0.15, -0.1) is 11.8 Å². The van der Waals surface area contributed by atoms with Crippen LogP contribution >= 0.6 is 24.0 Å². The average Bonchev–Trinajstić information content (AvgIpc) is 3.09. The zero-order chi connectivity index (χ0) is 14.8. The highest BCUT2D eigenvalue weighted by molar-refractivity contribution is 8.00. The Hall–Kier alpha value is -1.60. The van der Waals surface area contributed by atoms with E-state index in [2.05, 4.69) is 15.5 Å². The number of nitrogens with zero attached hydrogens (tertiary/aromatic N) is 2. The van der Waals surface area contributed by atoms with Crippen LogP contribution in [0.15, 0.2) is 24.3 Å². The maximum atomic E-state index is 12.2. The van der Waals surface area contributed by atoms with E-state index in [-0.39, 0.29) is 11.2 Å². The summed E-state index contributed by atoms with van der Waals surface area (Å²) in [6, 6.07) is 7.65. The van der Waals surface area contributed by atoms with Crippen LogP contribution in [0.2, 0.25) is 0 Å². The molecule has 0 unspecified atom stereocenters. The molecule has 1 fully saturated rings. The highest BCUT2D eigenvalue weighted by Crippen LogP contribution is 2.27. The molecule has 0 spiro atoms. The molecule has 7 heteroatoms. The second kappa shape index (κ2) is 6.03. The van der Waals surface area contributed by atoms with Crippen LogP contribution in [0.4, 0.5) is 5.69 Å². The van der Waals surface area contributed by atoms with Gasteiger partial charge in [0.15, 0.2) is 4.77 Å². The molecule has 21 heavy (non-hydrogen) atoms. The molecule has 5 nitrogen and oxygen atoms in total.